The van der Waals surface area contributed by atoms with E-state index in [9.17, 15) is 4.79 Å². The van der Waals surface area contributed by atoms with Gasteiger partial charge in [-0.3, -0.25) is 9.79 Å². The molecule has 22 heavy (non-hydrogen) atoms. The average Bonchev–Trinajstić information content (AvgIpc) is 2.41. The summed E-state index contributed by atoms with van der Waals surface area (Å²) in [6.07, 6.45) is 0.945. The van der Waals surface area contributed by atoms with E-state index in [2.05, 4.69) is 66.0 Å². The molecule has 1 amide bonds. The number of amides is 1. The third kappa shape index (κ3) is 7.11. The summed E-state index contributed by atoms with van der Waals surface area (Å²) >= 11 is 5.39. The van der Waals surface area contributed by atoms with Gasteiger partial charge in [-0.15, -0.1) is 11.8 Å². The maximum Gasteiger partial charge on any atom is 0.217 e. The topological polar surface area (TPSA) is 41.5 Å². The smallest absolute Gasteiger partial charge is 0.217 e. The number of rotatable bonds is 6. The Balaban J connectivity index is 2.96. The summed E-state index contributed by atoms with van der Waals surface area (Å²) in [6.45, 7) is 11.2. The zero-order valence-electron chi connectivity index (χ0n) is 14.0. The van der Waals surface area contributed by atoms with Crippen LogP contribution in [0.3, 0.4) is 0 Å². The number of carbonyl (C=O) groups is 1. The molecule has 0 aliphatic rings. The van der Waals surface area contributed by atoms with Crippen molar-refractivity contribution in [1.29, 1.82) is 0 Å². The van der Waals surface area contributed by atoms with Gasteiger partial charge in [-0.2, -0.15) is 0 Å². The number of nitrogens with zero attached hydrogens (tertiary/aromatic N) is 1. The van der Waals surface area contributed by atoms with Crippen LogP contribution in [0.5, 0.6) is 0 Å². The second-order valence-corrected chi connectivity index (χ2v) is 13.9. The van der Waals surface area contributed by atoms with Crippen molar-refractivity contribution in [3.8, 4) is 0 Å². The summed E-state index contributed by atoms with van der Waals surface area (Å²) in [4.78, 5) is 15.9. The Morgan fingerprint density at radius 2 is 2.05 bits per heavy atom. The highest BCUT2D eigenvalue weighted by atomic mass is 79.9. The van der Waals surface area contributed by atoms with E-state index in [1.165, 1.54) is 6.92 Å². The largest absolute Gasteiger partial charge is 0.352 e. The molecular weight excluding hydrogens is 376 g/mol. The van der Waals surface area contributed by atoms with Gasteiger partial charge in [-0.1, -0.05) is 54.6 Å². The van der Waals surface area contributed by atoms with Gasteiger partial charge in [0, 0.05) is 29.7 Å². The Labute approximate surface area is 147 Å². The van der Waals surface area contributed by atoms with Crippen LogP contribution in [-0.2, 0) is 11.3 Å². The van der Waals surface area contributed by atoms with Gasteiger partial charge in [0.25, 0.3) is 0 Å². The van der Waals surface area contributed by atoms with Crippen LogP contribution in [0.25, 0.3) is 0 Å². The van der Waals surface area contributed by atoms with Crippen molar-refractivity contribution in [3.63, 3.8) is 0 Å². The van der Waals surface area contributed by atoms with Crippen LogP contribution in [0.15, 0.2) is 27.7 Å². The zero-order chi connectivity index (χ0) is 16.8. The maximum atomic E-state index is 11.0. The third-order valence-corrected chi connectivity index (χ3v) is 5.58. The van der Waals surface area contributed by atoms with E-state index in [4.69, 9.17) is 4.99 Å². The van der Waals surface area contributed by atoms with E-state index >= 15 is 0 Å². The molecule has 1 aromatic rings. The molecule has 0 radical (unpaired) electrons. The summed E-state index contributed by atoms with van der Waals surface area (Å²) in [5.74, 6) is 0.991. The van der Waals surface area contributed by atoms with E-state index in [1.54, 1.807) is 11.8 Å². The number of thioether (sulfide) groups is 1. The fourth-order valence-corrected chi connectivity index (χ4v) is 3.70. The van der Waals surface area contributed by atoms with E-state index in [-0.39, 0.29) is 5.91 Å². The van der Waals surface area contributed by atoms with Crippen LogP contribution in [0.1, 0.15) is 25.0 Å². The Bertz CT molecular complexity index is 556. The van der Waals surface area contributed by atoms with Crippen molar-refractivity contribution in [1.82, 2.24) is 5.32 Å². The van der Waals surface area contributed by atoms with Crippen molar-refractivity contribution in [2.75, 3.05) is 11.9 Å². The molecular formula is C16H25BrN2OSSi. The molecule has 0 bridgehead atoms. The fraction of sp³-hybridized carbons (Fsp3) is 0.500. The summed E-state index contributed by atoms with van der Waals surface area (Å²) in [5.41, 5.74) is 2.22. The predicted molar refractivity (Wildman–Crippen MR) is 105 cm³/mol. The zero-order valence-corrected chi connectivity index (χ0v) is 17.4. The van der Waals surface area contributed by atoms with Crippen LogP contribution >= 0.6 is 27.7 Å². The molecule has 0 aliphatic carbocycles. The van der Waals surface area contributed by atoms with Crippen LogP contribution in [-0.4, -0.2) is 30.9 Å². The molecule has 1 N–H and O–H groups in total. The van der Waals surface area contributed by atoms with Crippen molar-refractivity contribution >= 4 is 46.7 Å². The molecule has 122 valence electrons. The number of hydrogen-bond donors (Lipinski definition) is 1. The first-order valence-corrected chi connectivity index (χ1v) is 12.9. The third-order valence-electron chi connectivity index (χ3n) is 2.81. The van der Waals surface area contributed by atoms with Gasteiger partial charge in [-0.25, -0.2) is 0 Å². The molecule has 0 saturated heterocycles. The molecule has 1 rings (SSSR count). The lowest BCUT2D eigenvalue weighted by Crippen LogP contribution is -2.25. The van der Waals surface area contributed by atoms with Crippen LogP contribution in [0, 0.1) is 0 Å². The van der Waals surface area contributed by atoms with E-state index in [0.29, 0.717) is 6.54 Å². The molecule has 0 atom stereocenters. The van der Waals surface area contributed by atoms with Gasteiger partial charge in [0.1, 0.15) is 0 Å². The minimum absolute atomic E-state index is 0.0186. The number of nitrogens with one attached hydrogen (secondary N) is 1. The summed E-state index contributed by atoms with van der Waals surface area (Å²) in [5, 5.41) is 3.93. The Hall–Kier alpha value is -0.593. The first-order valence-electron chi connectivity index (χ1n) is 7.43. The molecule has 3 nitrogen and oxygen atoms in total. The Kier molecular flexibility index (Phi) is 7.86. The van der Waals surface area contributed by atoms with Crippen molar-refractivity contribution < 1.29 is 4.79 Å². The lowest BCUT2D eigenvalue weighted by Gasteiger charge is -2.14. The first kappa shape index (κ1) is 19.5. The monoisotopic (exact) mass is 400 g/mol. The second kappa shape index (κ2) is 8.89. The number of carbonyl (C=O) groups excluding carboxylic acids is 1. The van der Waals surface area contributed by atoms with Gasteiger partial charge < -0.3 is 5.32 Å². The fourth-order valence-electron chi connectivity index (χ4n) is 1.71. The standard InChI is InChI=1S/C16H25BrN2OSSi/c1-6-21-16(19-11-22(3,4)5)13-7-8-14(15(17)9-13)10-18-12(2)20/h7-9H,6,10-11H2,1-5H3,(H,18,20). The molecule has 0 unspecified atom stereocenters. The van der Waals surface area contributed by atoms with Crippen LogP contribution < -0.4 is 5.32 Å². The highest BCUT2D eigenvalue weighted by molar-refractivity contribution is 9.10. The quantitative estimate of drug-likeness (QED) is 0.434. The number of halogens is 1. The number of hydrogen-bond acceptors (Lipinski definition) is 3. The minimum Gasteiger partial charge on any atom is -0.352 e. The Morgan fingerprint density at radius 3 is 2.55 bits per heavy atom. The molecule has 0 aromatic heterocycles. The minimum atomic E-state index is -1.19. The van der Waals surface area contributed by atoms with Gasteiger partial charge in [0.15, 0.2) is 0 Å². The lowest BCUT2D eigenvalue weighted by molar-refractivity contribution is -0.119. The van der Waals surface area contributed by atoms with Gasteiger partial charge in [-0.05, 0) is 17.4 Å². The van der Waals surface area contributed by atoms with E-state index in [1.807, 2.05) is 0 Å². The molecule has 0 aliphatic heterocycles. The van der Waals surface area contributed by atoms with Crippen LogP contribution in [0.2, 0.25) is 19.6 Å². The predicted octanol–water partition coefficient (Wildman–Crippen LogP) is 4.46. The van der Waals surface area contributed by atoms with E-state index < -0.39 is 8.07 Å². The second-order valence-electron chi connectivity index (χ2n) is 6.33. The first-order chi connectivity index (χ1) is 10.2. The molecule has 0 fully saturated rings. The van der Waals surface area contributed by atoms with Crippen molar-refractivity contribution in [2.24, 2.45) is 4.99 Å². The highest BCUT2D eigenvalue weighted by Crippen LogP contribution is 2.23. The van der Waals surface area contributed by atoms with Crippen LogP contribution in [0.4, 0.5) is 0 Å². The summed E-state index contributed by atoms with van der Waals surface area (Å²) in [6, 6.07) is 6.24. The van der Waals surface area contributed by atoms with Gasteiger partial charge in [0.05, 0.1) is 13.1 Å². The van der Waals surface area contributed by atoms with Crippen molar-refractivity contribution in [3.05, 3.63) is 33.8 Å². The van der Waals surface area contributed by atoms with Crippen molar-refractivity contribution in [2.45, 2.75) is 40.0 Å². The molecule has 1 aromatic carbocycles. The molecule has 0 spiro atoms. The number of aliphatic imine (C=N–C) groups is 1. The SMILES string of the molecule is CCSC(=NC[Si](C)(C)C)c1ccc(CNC(C)=O)c(Br)c1. The van der Waals surface area contributed by atoms with Gasteiger partial charge in [0.2, 0.25) is 5.91 Å². The Morgan fingerprint density at radius 1 is 1.36 bits per heavy atom. The average molecular weight is 401 g/mol. The molecule has 6 heteroatoms. The molecule has 0 saturated carbocycles. The number of benzene rings is 1. The maximum absolute atomic E-state index is 11.0. The van der Waals surface area contributed by atoms with Gasteiger partial charge >= 0.3 is 0 Å². The summed E-state index contributed by atoms with van der Waals surface area (Å²) < 4.78 is 1.01. The lowest BCUT2D eigenvalue weighted by atomic mass is 10.1. The summed E-state index contributed by atoms with van der Waals surface area (Å²) in [7, 11) is -1.19. The van der Waals surface area contributed by atoms with E-state index in [0.717, 1.165) is 32.6 Å². The highest BCUT2D eigenvalue weighted by Gasteiger charge is 2.14. The molecule has 0 heterocycles. The normalized spacial score (nSPS) is 12.4.